The quantitative estimate of drug-likeness (QED) is 0.115. The highest BCUT2D eigenvalue weighted by Gasteiger charge is 2.21. The number of fused-ring (bicyclic) bond motifs is 1. The van der Waals surface area contributed by atoms with Gasteiger partial charge < -0.3 is 24.5 Å². The Morgan fingerprint density at radius 3 is 2.29 bits per heavy atom. The Balaban J connectivity index is 1.79. The molecule has 41 heavy (non-hydrogen) atoms. The first-order chi connectivity index (χ1) is 19.7. The monoisotopic (exact) mass is 562 g/mol. The maximum absolute atomic E-state index is 13.6. The maximum Gasteiger partial charge on any atom is 0.332 e. The van der Waals surface area contributed by atoms with Crippen LogP contribution in [0, 0.1) is 5.41 Å². The van der Waals surface area contributed by atoms with Crippen molar-refractivity contribution < 1.29 is 19.0 Å². The fourth-order valence-corrected chi connectivity index (χ4v) is 4.76. The standard InChI is InChI=1S/C29H34N6O6/c1-33-27-24(28(37)35(29(33)38)15-6-5-7-23(36)41-4)32-26(20-11-9-19(10-12-20)25(30)31)34(27)16-14-18-8-13-21(39-2)22(17-18)40-3/h8-13,17H,5-7,14-16H2,1-4H3,(H3,30,31). The summed E-state index contributed by atoms with van der Waals surface area (Å²) < 4.78 is 19.9. The van der Waals surface area contributed by atoms with E-state index >= 15 is 0 Å². The molecule has 2 aromatic carbocycles. The number of nitrogens with one attached hydrogen (secondary N) is 1. The minimum Gasteiger partial charge on any atom is -0.493 e. The van der Waals surface area contributed by atoms with Crippen LogP contribution in [0.4, 0.5) is 0 Å². The molecule has 4 aromatic rings. The molecule has 0 fully saturated rings. The summed E-state index contributed by atoms with van der Waals surface area (Å²) in [5.74, 6) is 1.32. The van der Waals surface area contributed by atoms with Crippen molar-refractivity contribution in [1.82, 2.24) is 18.7 Å². The number of aryl methyl sites for hydroxylation is 3. The lowest BCUT2D eigenvalue weighted by molar-refractivity contribution is -0.140. The van der Waals surface area contributed by atoms with Crippen LogP contribution in [0.1, 0.15) is 30.4 Å². The van der Waals surface area contributed by atoms with Gasteiger partial charge in [0, 0.05) is 37.7 Å². The van der Waals surface area contributed by atoms with Crippen LogP contribution in [0.25, 0.3) is 22.6 Å². The summed E-state index contributed by atoms with van der Waals surface area (Å²) in [6.45, 7) is 0.561. The molecule has 0 radical (unpaired) electrons. The molecule has 2 aromatic heterocycles. The molecule has 3 N–H and O–H groups in total. The van der Waals surface area contributed by atoms with Crippen LogP contribution >= 0.6 is 0 Å². The number of imidazole rings is 1. The number of esters is 1. The molecule has 0 aliphatic rings. The van der Waals surface area contributed by atoms with Crippen molar-refractivity contribution >= 4 is 23.0 Å². The maximum atomic E-state index is 13.6. The summed E-state index contributed by atoms with van der Waals surface area (Å²) in [6.07, 6.45) is 1.69. The Labute approximate surface area is 236 Å². The number of hydrogen-bond acceptors (Lipinski definition) is 8. The van der Waals surface area contributed by atoms with Gasteiger partial charge in [0.2, 0.25) is 0 Å². The van der Waals surface area contributed by atoms with Crippen LogP contribution in [0.5, 0.6) is 11.5 Å². The molecule has 12 nitrogen and oxygen atoms in total. The summed E-state index contributed by atoms with van der Waals surface area (Å²) in [6, 6.07) is 12.7. The Morgan fingerprint density at radius 2 is 1.66 bits per heavy atom. The molecule has 0 amide bonds. The van der Waals surface area contributed by atoms with E-state index < -0.39 is 11.2 Å². The van der Waals surface area contributed by atoms with E-state index in [1.807, 2.05) is 22.8 Å². The van der Waals surface area contributed by atoms with Gasteiger partial charge in [0.25, 0.3) is 5.56 Å². The number of amidine groups is 1. The van der Waals surface area contributed by atoms with Gasteiger partial charge in [-0.25, -0.2) is 9.78 Å². The number of methoxy groups -OCH3 is 3. The lowest BCUT2D eigenvalue weighted by Gasteiger charge is -2.14. The van der Waals surface area contributed by atoms with Crippen molar-refractivity contribution in [2.75, 3.05) is 21.3 Å². The van der Waals surface area contributed by atoms with Crippen LogP contribution in [0.2, 0.25) is 0 Å². The minimum absolute atomic E-state index is 0.0593. The van der Waals surface area contributed by atoms with Crippen molar-refractivity contribution in [3.63, 3.8) is 0 Å². The van der Waals surface area contributed by atoms with Crippen molar-refractivity contribution in [2.24, 2.45) is 12.8 Å². The number of unbranched alkanes of at least 4 members (excludes halogenated alkanes) is 1. The molecular weight excluding hydrogens is 528 g/mol. The number of ether oxygens (including phenoxy) is 3. The zero-order chi connectivity index (χ0) is 29.7. The first kappa shape index (κ1) is 29.1. The van der Waals surface area contributed by atoms with Gasteiger partial charge in [-0.05, 0) is 37.0 Å². The number of carbonyl (C=O) groups excluding carboxylic acids is 1. The third kappa shape index (κ3) is 6.01. The van der Waals surface area contributed by atoms with Gasteiger partial charge in [0.15, 0.2) is 17.0 Å². The smallest absolute Gasteiger partial charge is 0.332 e. The van der Waals surface area contributed by atoms with Crippen molar-refractivity contribution in [3.05, 3.63) is 74.4 Å². The molecule has 0 unspecified atom stereocenters. The minimum atomic E-state index is -0.493. The highest BCUT2D eigenvalue weighted by molar-refractivity contribution is 5.95. The summed E-state index contributed by atoms with van der Waals surface area (Å²) in [7, 11) is 6.09. The number of hydrogen-bond donors (Lipinski definition) is 2. The fraction of sp³-hybridized carbons (Fsp3) is 0.345. The van der Waals surface area contributed by atoms with Gasteiger partial charge >= 0.3 is 11.7 Å². The van der Waals surface area contributed by atoms with Crippen molar-refractivity contribution in [1.29, 1.82) is 5.41 Å². The van der Waals surface area contributed by atoms with Gasteiger partial charge in [-0.2, -0.15) is 0 Å². The number of nitrogens with zero attached hydrogens (tertiary/aromatic N) is 4. The van der Waals surface area contributed by atoms with Crippen LogP contribution < -0.4 is 26.5 Å². The highest BCUT2D eigenvalue weighted by atomic mass is 16.5. The highest BCUT2D eigenvalue weighted by Crippen LogP contribution is 2.29. The number of nitrogen functional groups attached to an aromatic ring is 1. The molecule has 0 aliphatic heterocycles. The predicted octanol–water partition coefficient (Wildman–Crippen LogP) is 2.45. The van der Waals surface area contributed by atoms with Gasteiger partial charge in [0.1, 0.15) is 17.3 Å². The van der Waals surface area contributed by atoms with Gasteiger partial charge in [-0.1, -0.05) is 30.3 Å². The number of carbonyl (C=O) groups is 1. The lowest BCUT2D eigenvalue weighted by Crippen LogP contribution is -2.39. The van der Waals surface area contributed by atoms with Gasteiger partial charge in [0.05, 0.1) is 21.3 Å². The molecular formula is C29H34N6O6. The number of aromatic nitrogens is 4. The molecule has 0 atom stereocenters. The van der Waals surface area contributed by atoms with Crippen LogP contribution in [-0.2, 0) is 36.1 Å². The van der Waals surface area contributed by atoms with Crippen molar-refractivity contribution in [2.45, 2.75) is 38.8 Å². The third-order valence-electron chi connectivity index (χ3n) is 6.99. The fourth-order valence-electron chi connectivity index (χ4n) is 4.76. The zero-order valence-corrected chi connectivity index (χ0v) is 23.6. The number of nitrogens with two attached hydrogens (primary N) is 1. The second-order valence-electron chi connectivity index (χ2n) is 9.52. The second kappa shape index (κ2) is 12.5. The van der Waals surface area contributed by atoms with E-state index in [1.54, 1.807) is 45.5 Å². The topological polar surface area (TPSA) is 156 Å². The zero-order valence-electron chi connectivity index (χ0n) is 23.6. The van der Waals surface area contributed by atoms with E-state index in [2.05, 4.69) is 4.74 Å². The molecule has 0 spiro atoms. The average Bonchev–Trinajstić information content (AvgIpc) is 3.38. The van der Waals surface area contributed by atoms with E-state index in [0.29, 0.717) is 59.9 Å². The molecule has 0 saturated carbocycles. The third-order valence-corrected chi connectivity index (χ3v) is 6.99. The van der Waals surface area contributed by atoms with E-state index in [9.17, 15) is 14.4 Å². The lowest BCUT2D eigenvalue weighted by atomic mass is 10.1. The SMILES string of the molecule is COC(=O)CCCCn1c(=O)c2nc(-c3ccc(C(=N)N)cc3)n(CCc3ccc(OC)c(OC)c3)c2n(C)c1=O. The molecule has 0 aliphatic carbocycles. The Bertz CT molecular complexity index is 1700. The first-order valence-electron chi connectivity index (χ1n) is 13.1. The van der Waals surface area contributed by atoms with Gasteiger partial charge in [-0.3, -0.25) is 24.1 Å². The Hall–Kier alpha value is -4.87. The Kier molecular flexibility index (Phi) is 8.91. The second-order valence-corrected chi connectivity index (χ2v) is 9.52. The van der Waals surface area contributed by atoms with E-state index in [-0.39, 0.29) is 30.3 Å². The largest absolute Gasteiger partial charge is 0.493 e. The van der Waals surface area contributed by atoms with E-state index in [0.717, 1.165) is 10.1 Å². The molecule has 216 valence electrons. The first-order valence-corrected chi connectivity index (χ1v) is 13.1. The summed E-state index contributed by atoms with van der Waals surface area (Å²) in [5, 5.41) is 7.70. The van der Waals surface area contributed by atoms with Crippen molar-refractivity contribution in [3.8, 4) is 22.9 Å². The molecule has 0 bridgehead atoms. The molecule has 0 saturated heterocycles. The number of rotatable bonds is 12. The summed E-state index contributed by atoms with van der Waals surface area (Å²) in [5.41, 5.74) is 7.47. The van der Waals surface area contributed by atoms with E-state index in [4.69, 9.17) is 25.6 Å². The van der Waals surface area contributed by atoms with Crippen LogP contribution in [0.3, 0.4) is 0 Å². The molecule has 2 heterocycles. The van der Waals surface area contributed by atoms with Crippen LogP contribution in [-0.4, -0.2) is 51.8 Å². The normalized spacial score (nSPS) is 11.0. The van der Waals surface area contributed by atoms with E-state index in [1.165, 1.54) is 11.7 Å². The molecule has 12 heteroatoms. The number of benzene rings is 2. The summed E-state index contributed by atoms with van der Waals surface area (Å²) >= 11 is 0. The van der Waals surface area contributed by atoms with Crippen LogP contribution in [0.15, 0.2) is 52.1 Å². The predicted molar refractivity (Wildman–Crippen MR) is 155 cm³/mol. The summed E-state index contributed by atoms with van der Waals surface area (Å²) in [4.78, 5) is 43.1. The average molecular weight is 563 g/mol. The van der Waals surface area contributed by atoms with Gasteiger partial charge in [-0.15, -0.1) is 0 Å². The molecule has 4 rings (SSSR count). The Morgan fingerprint density at radius 1 is 0.951 bits per heavy atom.